The van der Waals surface area contributed by atoms with E-state index in [9.17, 15) is 0 Å². The molecule has 0 spiro atoms. The van der Waals surface area contributed by atoms with Crippen LogP contribution >= 0.6 is 25.3 Å². The smallest absolute Gasteiger partial charge is 0.130 e. The summed E-state index contributed by atoms with van der Waals surface area (Å²) in [6.07, 6.45) is 0. The molecule has 0 aliphatic rings. The first kappa shape index (κ1) is 22.9. The molecule has 0 aliphatic heterocycles. The molecule has 0 bridgehead atoms. The van der Waals surface area contributed by atoms with E-state index < -0.39 is 0 Å². The Balaban J connectivity index is -0.0000000160. The van der Waals surface area contributed by atoms with Gasteiger partial charge in [-0.2, -0.15) is 10.5 Å². The van der Waals surface area contributed by atoms with E-state index in [0.29, 0.717) is 0 Å². The molecule has 0 amide bonds. The van der Waals surface area contributed by atoms with Crippen LogP contribution in [-0.2, 0) is 44.7 Å². The van der Waals surface area contributed by atoms with Crippen LogP contribution in [0.1, 0.15) is 0 Å². The van der Waals surface area contributed by atoms with Gasteiger partial charge in [-0.1, -0.05) is 25.3 Å². The zero-order chi connectivity index (χ0) is 5.41. The molecule has 8 heavy (non-hydrogen) atoms. The number of nitriles is 2. The molecule has 0 atom stereocenters. The maximum absolute atomic E-state index is 7.18. The number of hydrogen-bond donors (Lipinski definition) is 2. The molecule has 0 N–H and O–H groups in total. The fourth-order valence-corrected chi connectivity index (χ4v) is 0. The maximum Gasteiger partial charge on any atom is 0.130 e. The average Bonchev–Trinajstić information content (AvgIpc) is 1.39. The van der Waals surface area contributed by atoms with E-state index in [1.165, 1.54) is 10.8 Å². The largest absolute Gasteiger partial charge is 0.185 e. The molecule has 0 rings (SSSR count). The van der Waals surface area contributed by atoms with Crippen molar-refractivity contribution < 1.29 is 44.7 Å². The topological polar surface area (TPSA) is 47.6 Å². The third-order valence-corrected chi connectivity index (χ3v) is 0. The second kappa shape index (κ2) is 42.1. The summed E-state index contributed by atoms with van der Waals surface area (Å²) in [6.45, 7) is 0. The van der Waals surface area contributed by atoms with E-state index in [-0.39, 0.29) is 44.7 Å². The van der Waals surface area contributed by atoms with Gasteiger partial charge in [-0.25, -0.2) is 0 Å². The quantitative estimate of drug-likeness (QED) is 0.374. The molecule has 0 saturated heterocycles. The van der Waals surface area contributed by atoms with Gasteiger partial charge in [-0.3, -0.25) is 0 Å². The number of thiol groups is 2. The average molecular weight is 375 g/mol. The van der Waals surface area contributed by atoms with Crippen molar-refractivity contribution >= 4 is 25.3 Å². The fraction of sp³-hybridized carbons (Fsp3) is 0. The van der Waals surface area contributed by atoms with Crippen LogP contribution in [0.5, 0.6) is 0 Å². The summed E-state index contributed by atoms with van der Waals surface area (Å²) in [6, 6.07) is 0. The van der Waals surface area contributed by atoms with E-state index in [2.05, 4.69) is 25.3 Å². The van der Waals surface area contributed by atoms with Crippen molar-refractivity contribution in [2.24, 2.45) is 0 Å². The molecule has 0 aromatic heterocycles. The van der Waals surface area contributed by atoms with Gasteiger partial charge in [-0.15, -0.1) is 0 Å². The van der Waals surface area contributed by atoms with Crippen LogP contribution in [0.2, 0.25) is 0 Å². The normalized spacial score (nSPS) is 2.00. The van der Waals surface area contributed by atoms with Crippen LogP contribution in [0.4, 0.5) is 0 Å². The van der Waals surface area contributed by atoms with Crippen molar-refractivity contribution in [1.29, 1.82) is 10.5 Å². The third-order valence-electron chi connectivity index (χ3n) is 0. The Morgan fingerprint density at radius 1 is 1.00 bits per heavy atom. The van der Waals surface area contributed by atoms with E-state index in [1.54, 1.807) is 0 Å². The molecular formula is C2H2FeHgN2S2. The molecule has 6 heteroatoms. The Kier molecular flexibility index (Phi) is 121. The molecule has 2 nitrogen and oxygen atoms in total. The maximum atomic E-state index is 7.18. The van der Waals surface area contributed by atoms with Crippen molar-refractivity contribution in [3.05, 3.63) is 0 Å². The number of nitrogens with zero attached hydrogens (tertiary/aromatic N) is 2. The third kappa shape index (κ3) is 209. The van der Waals surface area contributed by atoms with Crippen molar-refractivity contribution in [3.63, 3.8) is 0 Å². The summed E-state index contributed by atoms with van der Waals surface area (Å²) in [5.41, 5.74) is 0. The van der Waals surface area contributed by atoms with Crippen LogP contribution in [0, 0.1) is 21.3 Å². The zero-order valence-corrected chi connectivity index (χ0v) is 12.2. The summed E-state index contributed by atoms with van der Waals surface area (Å²) < 4.78 is 0. The van der Waals surface area contributed by atoms with Gasteiger partial charge in [0.2, 0.25) is 0 Å². The monoisotopic (exact) mass is 376 g/mol. The molecule has 0 heterocycles. The van der Waals surface area contributed by atoms with Gasteiger partial charge in [0.15, 0.2) is 0 Å². The molecule has 0 radical (unpaired) electrons. The van der Waals surface area contributed by atoms with E-state index in [0.717, 1.165) is 0 Å². The Morgan fingerprint density at radius 3 is 1.00 bits per heavy atom. The second-order valence-corrected chi connectivity index (χ2v) is 0.600. The van der Waals surface area contributed by atoms with E-state index >= 15 is 0 Å². The van der Waals surface area contributed by atoms with Crippen molar-refractivity contribution in [2.75, 3.05) is 0 Å². The van der Waals surface area contributed by atoms with Gasteiger partial charge in [0, 0.05) is 44.7 Å². The van der Waals surface area contributed by atoms with Crippen molar-refractivity contribution in [2.45, 2.75) is 0 Å². The standard InChI is InChI=1S/2CHNS.Fe.Hg/c2*2-1-3;;/h2*3H;;. The van der Waals surface area contributed by atoms with Crippen molar-refractivity contribution in [1.82, 2.24) is 0 Å². The molecule has 0 aliphatic carbocycles. The predicted octanol–water partition coefficient (Wildman–Crippen LogP) is 0.790. The SMILES string of the molecule is N#CS.N#CS.[Fe].[Hg]. The fourth-order valence-electron chi connectivity index (χ4n) is 0. The van der Waals surface area contributed by atoms with Gasteiger partial charge >= 0.3 is 0 Å². The van der Waals surface area contributed by atoms with Gasteiger partial charge in [0.1, 0.15) is 10.8 Å². The molecule has 0 fully saturated rings. The molecule has 42 valence electrons. The van der Waals surface area contributed by atoms with Crippen molar-refractivity contribution in [3.8, 4) is 10.8 Å². The van der Waals surface area contributed by atoms with Crippen LogP contribution in [0.3, 0.4) is 0 Å². The summed E-state index contributed by atoms with van der Waals surface area (Å²) in [7, 11) is 0. The van der Waals surface area contributed by atoms with Crippen LogP contribution in [0.15, 0.2) is 0 Å². The second-order valence-electron chi connectivity index (χ2n) is 0.200. The van der Waals surface area contributed by atoms with Crippen LogP contribution in [0.25, 0.3) is 0 Å². The van der Waals surface area contributed by atoms with Gasteiger partial charge in [0.05, 0.1) is 0 Å². The first-order valence-corrected chi connectivity index (χ1v) is 1.79. The van der Waals surface area contributed by atoms with E-state index in [1.807, 2.05) is 0 Å². The van der Waals surface area contributed by atoms with Crippen LogP contribution < -0.4 is 0 Å². The van der Waals surface area contributed by atoms with Gasteiger partial charge in [-0.05, 0) is 0 Å². The zero-order valence-electron chi connectivity index (χ0n) is 3.85. The molecular weight excluding hydrogens is 373 g/mol. The van der Waals surface area contributed by atoms with Gasteiger partial charge < -0.3 is 0 Å². The summed E-state index contributed by atoms with van der Waals surface area (Å²) in [5.74, 6) is 0. The Bertz CT molecular complexity index is 73.0. The Labute approximate surface area is 90.4 Å². The molecule has 0 unspecified atom stereocenters. The first-order chi connectivity index (χ1) is 2.83. The predicted molar refractivity (Wildman–Crippen MR) is 29.2 cm³/mol. The molecule has 0 aromatic rings. The van der Waals surface area contributed by atoms with Gasteiger partial charge in [0.25, 0.3) is 0 Å². The Hall–Kier alpha value is 1.13. The summed E-state index contributed by atoms with van der Waals surface area (Å²) >= 11 is 6.19. The molecule has 0 saturated carbocycles. The molecule has 0 aromatic carbocycles. The summed E-state index contributed by atoms with van der Waals surface area (Å²) in [4.78, 5) is 0. The number of thiocyanates is 2. The minimum atomic E-state index is 0. The minimum Gasteiger partial charge on any atom is -0.185 e. The Morgan fingerprint density at radius 2 is 1.00 bits per heavy atom. The first-order valence-electron chi connectivity index (χ1n) is 0.894. The summed E-state index contributed by atoms with van der Waals surface area (Å²) in [5, 5.41) is 17.3. The number of rotatable bonds is 0. The van der Waals surface area contributed by atoms with Crippen LogP contribution in [-0.4, -0.2) is 0 Å². The minimum absolute atomic E-state index is 0. The number of hydrogen-bond acceptors (Lipinski definition) is 4. The van der Waals surface area contributed by atoms with E-state index in [4.69, 9.17) is 10.5 Å².